The predicted molar refractivity (Wildman–Crippen MR) is 249 cm³/mol. The number of ketones is 1. The average Bonchev–Trinajstić information content (AvgIpc) is 3.27. The number of hydrogen-bond acceptors (Lipinski definition) is 13. The molecule has 1 saturated carbocycles. The normalized spacial score (nSPS) is 22.4. The second kappa shape index (κ2) is 37.6. The van der Waals surface area contributed by atoms with Gasteiger partial charge in [0.15, 0.2) is 11.9 Å². The van der Waals surface area contributed by atoms with Crippen molar-refractivity contribution in [1.29, 1.82) is 0 Å². The molecule has 0 spiro atoms. The van der Waals surface area contributed by atoms with E-state index < -0.39 is 75.7 Å². The van der Waals surface area contributed by atoms with Crippen molar-refractivity contribution in [3.63, 3.8) is 0 Å². The van der Waals surface area contributed by atoms with Gasteiger partial charge in [0, 0.05) is 19.3 Å². The summed E-state index contributed by atoms with van der Waals surface area (Å²) in [5.41, 5.74) is 0. The molecule has 1 aliphatic carbocycles. The van der Waals surface area contributed by atoms with Crippen LogP contribution >= 0.6 is 7.82 Å². The molecular formula is C49H77O14P. The number of unbranched alkanes of at least 4 members (excludes halogenated alkanes) is 7. The predicted octanol–water partition coefficient (Wildman–Crippen LogP) is 8.23. The van der Waals surface area contributed by atoms with Gasteiger partial charge in [-0.3, -0.25) is 23.4 Å². The topological polar surface area (TPSA) is 227 Å². The van der Waals surface area contributed by atoms with E-state index in [-0.39, 0.29) is 18.6 Å². The molecule has 15 heteroatoms. The van der Waals surface area contributed by atoms with Gasteiger partial charge in [0.05, 0.1) is 6.61 Å². The van der Waals surface area contributed by atoms with Gasteiger partial charge in [0.25, 0.3) is 0 Å². The molecule has 1 fully saturated rings. The van der Waals surface area contributed by atoms with Crippen molar-refractivity contribution in [2.75, 3.05) is 13.2 Å². The van der Waals surface area contributed by atoms with Crippen LogP contribution in [0.3, 0.4) is 0 Å². The van der Waals surface area contributed by atoms with Crippen LogP contribution in [0.15, 0.2) is 97.2 Å². The first-order valence-corrected chi connectivity index (χ1v) is 24.5. The Morgan fingerprint density at radius 3 is 1.52 bits per heavy atom. The van der Waals surface area contributed by atoms with Crippen molar-refractivity contribution in [1.82, 2.24) is 0 Å². The van der Waals surface area contributed by atoms with Crippen molar-refractivity contribution < 1.29 is 67.9 Å². The molecule has 1 rings (SSSR count). The molecule has 0 saturated heterocycles. The number of hydrogen-bond donors (Lipinski definition) is 6. The van der Waals surface area contributed by atoms with Crippen LogP contribution in [-0.2, 0) is 37.5 Å². The highest BCUT2D eigenvalue weighted by Crippen LogP contribution is 2.47. The van der Waals surface area contributed by atoms with E-state index in [0.717, 1.165) is 51.4 Å². The number of phosphoric acid groups is 1. The fourth-order valence-corrected chi connectivity index (χ4v) is 7.08. The van der Waals surface area contributed by atoms with Crippen LogP contribution in [0.5, 0.6) is 0 Å². The Balaban J connectivity index is 2.58. The highest BCUT2D eigenvalue weighted by atomic mass is 31.2. The van der Waals surface area contributed by atoms with Crippen LogP contribution in [0, 0.1) is 0 Å². The maximum atomic E-state index is 12.8. The van der Waals surface area contributed by atoms with Gasteiger partial charge in [0.1, 0.15) is 43.2 Å². The monoisotopic (exact) mass is 921 g/mol. The third-order valence-corrected chi connectivity index (χ3v) is 10.9. The van der Waals surface area contributed by atoms with Gasteiger partial charge in [-0.1, -0.05) is 131 Å². The molecule has 0 aromatic rings. The fraction of sp³-hybridized carbons (Fsp3) is 0.612. The molecule has 64 heavy (non-hydrogen) atoms. The summed E-state index contributed by atoms with van der Waals surface area (Å²) in [6.45, 7) is 2.99. The number of aliphatic hydroxyl groups excluding tert-OH is 5. The molecule has 8 atom stereocenters. The molecule has 0 aliphatic heterocycles. The lowest BCUT2D eigenvalue weighted by atomic mass is 9.85. The van der Waals surface area contributed by atoms with Crippen molar-refractivity contribution in [2.45, 2.75) is 179 Å². The molecule has 362 valence electrons. The Hall–Kier alpha value is -3.56. The van der Waals surface area contributed by atoms with Crippen LogP contribution in [-0.4, -0.2) is 104 Å². The van der Waals surface area contributed by atoms with Crippen LogP contribution in [0.25, 0.3) is 0 Å². The molecular weight excluding hydrogens is 843 g/mol. The summed E-state index contributed by atoms with van der Waals surface area (Å²) < 4.78 is 33.4. The lowest BCUT2D eigenvalue weighted by Crippen LogP contribution is -2.64. The van der Waals surface area contributed by atoms with Crippen molar-refractivity contribution in [2.24, 2.45) is 0 Å². The average molecular weight is 921 g/mol. The Kier molecular flexibility index (Phi) is 34.4. The molecule has 0 bridgehead atoms. The number of ether oxygens (including phenoxy) is 2. The number of phosphoric ester groups is 1. The Morgan fingerprint density at radius 1 is 0.531 bits per heavy atom. The SMILES string of the molecule is CCCCC/C=C\C/C=C\C/C=C\C/C=C\CCCC(=O)O[C@H](COC(=O)CCC/C=C\C/C=C\C/C=C\C=C\C(=O)CCCCC)COP(=O)(O)OC1[C@H](O)[C@H](O)C(O)[C@H](O)[C@H]1O. The summed E-state index contributed by atoms with van der Waals surface area (Å²) in [7, 11) is -5.17. The summed E-state index contributed by atoms with van der Waals surface area (Å²) in [6, 6.07) is 0. The highest BCUT2D eigenvalue weighted by Gasteiger charge is 2.51. The van der Waals surface area contributed by atoms with Gasteiger partial charge in [-0.25, -0.2) is 4.57 Å². The van der Waals surface area contributed by atoms with E-state index in [9.17, 15) is 49.4 Å². The lowest BCUT2D eigenvalue weighted by molar-refractivity contribution is -0.220. The zero-order valence-corrected chi connectivity index (χ0v) is 38.9. The standard InChI is InChI=1S/C49H77O14P/c1-3-5-7-8-9-10-11-12-13-14-15-16-19-23-26-29-33-37-43(52)62-41(39-61-64(58,59)63-49-47(56)45(54)44(53)46(55)48(49)57)38-60-42(51)36-32-28-25-22-20-17-18-21-24-27-31-35-40(50)34-30-6-4-2/h9-10,12-13,15-18,22-27,31,35,41,44-49,53-57H,3-8,11,14,19-21,28-30,32-34,36-39H2,1-2H3,(H,58,59)/b10-9-,13-12-,16-15-,18-17-,25-22-,26-23-,27-24-,35-31+/t41-,44?,45-,46+,47-,48-,49?/m1/s1. The fourth-order valence-electron chi connectivity index (χ4n) is 6.11. The zero-order valence-electron chi connectivity index (χ0n) is 38.0. The summed E-state index contributed by atoms with van der Waals surface area (Å²) in [4.78, 5) is 47.4. The summed E-state index contributed by atoms with van der Waals surface area (Å²) in [6.07, 6.45) is 33.1. The molecule has 0 aromatic carbocycles. The lowest BCUT2D eigenvalue weighted by Gasteiger charge is -2.41. The maximum absolute atomic E-state index is 12.8. The first-order valence-electron chi connectivity index (χ1n) is 23.0. The molecule has 6 N–H and O–H groups in total. The molecule has 3 unspecified atom stereocenters. The van der Waals surface area contributed by atoms with Crippen LogP contribution in [0.4, 0.5) is 0 Å². The summed E-state index contributed by atoms with van der Waals surface area (Å²) in [5, 5.41) is 50.1. The van der Waals surface area contributed by atoms with E-state index in [4.69, 9.17) is 18.5 Å². The largest absolute Gasteiger partial charge is 0.472 e. The third kappa shape index (κ3) is 29.8. The zero-order chi connectivity index (χ0) is 47.3. The second-order valence-corrected chi connectivity index (χ2v) is 17.0. The van der Waals surface area contributed by atoms with E-state index in [1.165, 1.54) is 19.3 Å². The minimum absolute atomic E-state index is 0.00863. The van der Waals surface area contributed by atoms with Gasteiger partial charge in [0.2, 0.25) is 0 Å². The third-order valence-electron chi connectivity index (χ3n) is 9.87. The molecule has 14 nitrogen and oxygen atoms in total. The minimum Gasteiger partial charge on any atom is -0.462 e. The Bertz CT molecular complexity index is 1550. The first kappa shape index (κ1) is 58.5. The number of aliphatic hydroxyl groups is 5. The van der Waals surface area contributed by atoms with E-state index in [0.29, 0.717) is 38.5 Å². The molecule has 0 radical (unpaired) electrons. The first-order chi connectivity index (χ1) is 30.8. The second-order valence-electron chi connectivity index (χ2n) is 15.6. The number of carbonyl (C=O) groups is 3. The molecule has 1 aliphatic rings. The van der Waals surface area contributed by atoms with Gasteiger partial charge < -0.3 is 39.9 Å². The maximum Gasteiger partial charge on any atom is 0.472 e. The van der Waals surface area contributed by atoms with Gasteiger partial charge >= 0.3 is 19.8 Å². The van der Waals surface area contributed by atoms with Crippen LogP contribution in [0.2, 0.25) is 0 Å². The highest BCUT2D eigenvalue weighted by molar-refractivity contribution is 7.47. The van der Waals surface area contributed by atoms with Gasteiger partial charge in [-0.15, -0.1) is 0 Å². The smallest absolute Gasteiger partial charge is 0.462 e. The van der Waals surface area contributed by atoms with Crippen molar-refractivity contribution in [3.05, 3.63) is 97.2 Å². The minimum atomic E-state index is -5.17. The number of allylic oxidation sites excluding steroid dienone is 16. The number of rotatable bonds is 36. The molecule has 0 aromatic heterocycles. The summed E-state index contributed by atoms with van der Waals surface area (Å²) in [5.74, 6) is -1.14. The van der Waals surface area contributed by atoms with Crippen molar-refractivity contribution >= 4 is 25.5 Å². The Morgan fingerprint density at radius 2 is 0.984 bits per heavy atom. The van der Waals surface area contributed by atoms with Gasteiger partial charge in [-0.05, 0) is 83.1 Å². The van der Waals surface area contributed by atoms with Crippen LogP contribution < -0.4 is 0 Å². The van der Waals surface area contributed by atoms with Crippen LogP contribution in [0.1, 0.15) is 136 Å². The molecule has 0 amide bonds. The number of carbonyl (C=O) groups excluding carboxylic acids is 3. The van der Waals surface area contributed by atoms with Crippen molar-refractivity contribution in [3.8, 4) is 0 Å². The van der Waals surface area contributed by atoms with Gasteiger partial charge in [-0.2, -0.15) is 0 Å². The summed E-state index contributed by atoms with van der Waals surface area (Å²) >= 11 is 0. The van der Waals surface area contributed by atoms with E-state index in [1.54, 1.807) is 12.2 Å². The van der Waals surface area contributed by atoms with E-state index in [1.807, 2.05) is 48.6 Å². The van der Waals surface area contributed by atoms with E-state index >= 15 is 0 Å². The Labute approximate surface area is 381 Å². The quantitative estimate of drug-likeness (QED) is 0.00870. The van der Waals surface area contributed by atoms with E-state index in [2.05, 4.69) is 50.3 Å². The number of esters is 2. The molecule has 0 heterocycles.